The molecule has 9 heteroatoms. The minimum Gasteiger partial charge on any atom is -0.394 e. The van der Waals surface area contributed by atoms with Gasteiger partial charge in [-0.25, -0.2) is 0 Å². The smallest absolute Gasteiger partial charge is 0.180 e. The molecule has 0 unspecified atom stereocenters. The van der Waals surface area contributed by atoms with Gasteiger partial charge in [0.15, 0.2) is 11.6 Å². The third-order valence-corrected chi connectivity index (χ3v) is 2.40. The summed E-state index contributed by atoms with van der Waals surface area (Å²) in [5, 5.41) is 23.4. The summed E-state index contributed by atoms with van der Waals surface area (Å²) in [7, 11) is 1.77. The topological polar surface area (TPSA) is 87.2 Å². The Morgan fingerprint density at radius 1 is 0.706 bits per heavy atom. The molecule has 0 atom stereocenters. The Hall–Kier alpha value is -1.28. The maximum atomic E-state index is 4.72. The monoisotopic (exact) mass is 553 g/mol. The molecule has 0 aliphatic carbocycles. The number of aromatic nitrogens is 8. The van der Waals surface area contributed by atoms with E-state index in [1.165, 1.54) is 16.9 Å². The first-order valence-electron chi connectivity index (χ1n) is 11.5. The number of hydrogen-bond acceptors (Lipinski definition) is 6. The largest absolute Gasteiger partial charge is 0.394 e. The molecular formula is C25H52N8Y-2. The van der Waals surface area contributed by atoms with E-state index in [0.717, 1.165) is 11.6 Å². The maximum Gasteiger partial charge on any atom is 0.180 e. The van der Waals surface area contributed by atoms with Crippen molar-refractivity contribution in [3.63, 3.8) is 0 Å². The van der Waals surface area contributed by atoms with Gasteiger partial charge in [-0.05, 0) is 43.5 Å². The van der Waals surface area contributed by atoms with Crippen LogP contribution in [-0.4, -0.2) is 40.4 Å². The Morgan fingerprint density at radius 3 is 1.21 bits per heavy atom. The zero-order valence-corrected chi connectivity index (χ0v) is 27.8. The fraction of sp³-hybridized carbons (Fsp3) is 0.760. The van der Waals surface area contributed by atoms with Gasteiger partial charge in [0.1, 0.15) is 0 Å². The zero-order valence-electron chi connectivity index (χ0n) is 25.0. The van der Waals surface area contributed by atoms with Crippen LogP contribution in [0.2, 0.25) is 0 Å². The summed E-state index contributed by atoms with van der Waals surface area (Å²) < 4.78 is 0. The minimum atomic E-state index is -0.0543. The summed E-state index contributed by atoms with van der Waals surface area (Å²) in [5.74, 6) is 1.50. The van der Waals surface area contributed by atoms with E-state index in [1.54, 1.807) is 11.8 Å². The third-order valence-electron chi connectivity index (χ3n) is 2.40. The molecule has 0 saturated heterocycles. The van der Waals surface area contributed by atoms with Crippen molar-refractivity contribution >= 4 is 0 Å². The van der Waals surface area contributed by atoms with Gasteiger partial charge in [-0.15, -0.1) is 20.4 Å². The van der Waals surface area contributed by atoms with Crippen LogP contribution in [0.4, 0.5) is 0 Å². The second kappa shape index (κ2) is 22.2. The molecule has 2 heterocycles. The van der Waals surface area contributed by atoms with Crippen LogP contribution in [0.15, 0.2) is 12.2 Å². The fourth-order valence-electron chi connectivity index (χ4n) is 1.15. The average molecular weight is 554 g/mol. The quantitative estimate of drug-likeness (QED) is 0.304. The van der Waals surface area contributed by atoms with Gasteiger partial charge in [-0.1, -0.05) is 76.2 Å². The number of tetrazole rings is 2. The standard InChI is InChI=1S/2C6H12N4.C5H12.C4H4.2C2H6.Y/c1-6(2,3)5-7-9-10(4)8-5;1-5-7-9-10(8-5)6(2,3)4;1-5(2,3)4;1-3-4-2;2*1-2;/h2*1-4H3;1-4H3;1-4H;2*1-2H3;/q;;;-2;;;. The Kier molecular flexibility index (Phi) is 28.0. The van der Waals surface area contributed by atoms with Gasteiger partial charge < -0.3 is 25.3 Å². The molecular weight excluding hydrogens is 501 g/mol. The Morgan fingerprint density at radius 2 is 1.09 bits per heavy atom. The molecule has 0 aromatic carbocycles. The van der Waals surface area contributed by atoms with E-state index in [0.29, 0.717) is 5.41 Å². The van der Waals surface area contributed by atoms with E-state index in [1.807, 2.05) is 55.4 Å². The van der Waals surface area contributed by atoms with Gasteiger partial charge in [0.2, 0.25) is 0 Å². The first-order chi connectivity index (χ1) is 14.9. The van der Waals surface area contributed by atoms with Crippen LogP contribution in [0, 0.1) is 25.5 Å². The van der Waals surface area contributed by atoms with Gasteiger partial charge >= 0.3 is 0 Å². The fourth-order valence-corrected chi connectivity index (χ4v) is 1.15. The van der Waals surface area contributed by atoms with Gasteiger partial charge in [0.25, 0.3) is 0 Å². The zero-order chi connectivity index (χ0) is 27.5. The van der Waals surface area contributed by atoms with Crippen LogP contribution in [-0.2, 0) is 50.7 Å². The molecule has 2 aromatic heterocycles. The average Bonchev–Trinajstić information content (AvgIpc) is 3.32. The summed E-state index contributed by atoms with van der Waals surface area (Å²) in [6.07, 6.45) is 2.56. The molecule has 0 spiro atoms. The van der Waals surface area contributed by atoms with Gasteiger partial charge in [-0.3, -0.25) is 0 Å². The molecule has 0 saturated carbocycles. The first-order valence-corrected chi connectivity index (χ1v) is 11.5. The predicted molar refractivity (Wildman–Crippen MR) is 141 cm³/mol. The second-order valence-electron chi connectivity index (χ2n) is 10.0. The molecule has 1 radical (unpaired) electrons. The SMILES string of the molecule is CC.CC.CC(C)(C)C.Cc1nnn(C(C)(C)C)n1.Cn1nnc(C(C)(C)C)n1.[CH-]=CC=[CH-].[Y]. The number of rotatable bonds is 1. The number of hydrogen-bond donors (Lipinski definition) is 0. The van der Waals surface area contributed by atoms with Crippen LogP contribution in [0.5, 0.6) is 0 Å². The first kappa shape index (κ1) is 42.8. The summed E-state index contributed by atoms with van der Waals surface area (Å²) in [5.41, 5.74) is 0.454. The molecule has 0 aliphatic heterocycles. The normalized spacial score (nSPS) is 9.76. The van der Waals surface area contributed by atoms with E-state index >= 15 is 0 Å². The summed E-state index contributed by atoms with van der Waals surface area (Å²) in [6.45, 7) is 40.3. The minimum absolute atomic E-state index is 0. The van der Waals surface area contributed by atoms with Crippen LogP contribution in [0.3, 0.4) is 0 Å². The van der Waals surface area contributed by atoms with Crippen molar-refractivity contribution in [2.24, 2.45) is 12.5 Å². The second-order valence-corrected chi connectivity index (χ2v) is 10.0. The molecule has 0 fully saturated rings. The van der Waals surface area contributed by atoms with Gasteiger partial charge in [0.05, 0.1) is 12.6 Å². The Labute approximate surface area is 236 Å². The summed E-state index contributed by atoms with van der Waals surface area (Å²) >= 11 is 0. The molecule has 0 bridgehead atoms. The maximum absolute atomic E-state index is 4.72. The van der Waals surface area contributed by atoms with E-state index in [2.05, 4.69) is 79.3 Å². The Bertz CT molecular complexity index is 652. The van der Waals surface area contributed by atoms with E-state index < -0.39 is 0 Å². The van der Waals surface area contributed by atoms with E-state index in [-0.39, 0.29) is 43.7 Å². The summed E-state index contributed by atoms with van der Waals surface area (Å²) in [6, 6.07) is 0. The van der Waals surface area contributed by atoms with Crippen molar-refractivity contribution in [3.8, 4) is 0 Å². The summed E-state index contributed by atoms with van der Waals surface area (Å²) in [4.78, 5) is 3.09. The number of allylic oxidation sites excluding steroid dienone is 2. The third kappa shape index (κ3) is 30.7. The van der Waals surface area contributed by atoms with Crippen molar-refractivity contribution in [2.45, 2.75) is 115 Å². The molecule has 0 aliphatic rings. The van der Waals surface area contributed by atoms with Crippen molar-refractivity contribution in [2.75, 3.05) is 0 Å². The van der Waals surface area contributed by atoms with E-state index in [4.69, 9.17) is 13.2 Å². The van der Waals surface area contributed by atoms with Crippen molar-refractivity contribution in [1.82, 2.24) is 40.4 Å². The van der Waals surface area contributed by atoms with Crippen LogP contribution in [0.25, 0.3) is 0 Å². The van der Waals surface area contributed by atoms with Crippen LogP contribution < -0.4 is 0 Å². The van der Waals surface area contributed by atoms with Crippen molar-refractivity contribution in [3.05, 3.63) is 37.0 Å². The molecule has 197 valence electrons. The predicted octanol–water partition coefficient (Wildman–Crippen LogP) is 6.31. The van der Waals surface area contributed by atoms with Crippen LogP contribution >= 0.6 is 0 Å². The molecule has 0 amide bonds. The molecule has 34 heavy (non-hydrogen) atoms. The van der Waals surface area contributed by atoms with Crippen molar-refractivity contribution < 1.29 is 32.7 Å². The molecule has 0 N–H and O–H groups in total. The van der Waals surface area contributed by atoms with E-state index in [9.17, 15) is 0 Å². The molecule has 8 nitrogen and oxygen atoms in total. The van der Waals surface area contributed by atoms with Gasteiger partial charge in [0, 0.05) is 38.1 Å². The van der Waals surface area contributed by atoms with Crippen molar-refractivity contribution in [1.29, 1.82) is 0 Å². The van der Waals surface area contributed by atoms with Gasteiger partial charge in [-0.2, -0.15) is 9.59 Å². The molecule has 2 rings (SSSR count). The molecule has 2 aromatic rings. The number of nitrogens with zero attached hydrogens (tertiary/aromatic N) is 8. The Balaban J connectivity index is -0.000000110. The number of aryl methyl sites for hydroxylation is 2. The van der Waals surface area contributed by atoms with Crippen LogP contribution in [0.1, 0.15) is 109 Å².